The summed E-state index contributed by atoms with van der Waals surface area (Å²) in [6.45, 7) is 3.36. The number of rotatable bonds is 8. The third kappa shape index (κ3) is 6.21. The van der Waals surface area contributed by atoms with Crippen LogP contribution < -0.4 is 10.1 Å². The molecule has 38 heavy (non-hydrogen) atoms. The number of nitro groups is 1. The number of nitrogens with zero attached hydrogens (tertiary/aromatic N) is 2. The van der Waals surface area contributed by atoms with Gasteiger partial charge in [0.1, 0.15) is 5.75 Å². The molecule has 1 heterocycles. The van der Waals surface area contributed by atoms with Crippen LogP contribution in [0.3, 0.4) is 0 Å². The molecule has 1 aliphatic heterocycles. The lowest BCUT2D eigenvalue weighted by atomic mass is 10.1. The zero-order valence-electron chi connectivity index (χ0n) is 20.4. The Morgan fingerprint density at radius 2 is 1.89 bits per heavy atom. The molecule has 0 aromatic heterocycles. The van der Waals surface area contributed by atoms with Gasteiger partial charge in [0, 0.05) is 17.3 Å². The highest BCUT2D eigenvalue weighted by atomic mass is 35.5. The average molecular weight is 552 g/mol. The van der Waals surface area contributed by atoms with Crippen molar-refractivity contribution >= 4 is 57.9 Å². The molecule has 9 nitrogen and oxygen atoms in total. The molecule has 1 N–H and O–H groups in total. The van der Waals surface area contributed by atoms with Crippen LogP contribution in [0.4, 0.5) is 16.2 Å². The highest BCUT2D eigenvalue weighted by molar-refractivity contribution is 8.18. The molecule has 194 valence electrons. The van der Waals surface area contributed by atoms with E-state index in [9.17, 15) is 24.5 Å². The number of carbonyl (C=O) groups is 3. The normalized spacial score (nSPS) is 14.2. The van der Waals surface area contributed by atoms with Crippen molar-refractivity contribution < 1.29 is 24.0 Å². The zero-order valence-corrected chi connectivity index (χ0v) is 22.0. The van der Waals surface area contributed by atoms with Crippen LogP contribution >= 0.6 is 23.4 Å². The summed E-state index contributed by atoms with van der Waals surface area (Å²) in [5.74, 6) is -0.617. The molecule has 3 aromatic rings. The van der Waals surface area contributed by atoms with Crippen molar-refractivity contribution in [3.63, 3.8) is 0 Å². The standard InChI is InChI=1S/C27H22ClN3O6S/c1-16-7-8-17(2)21(11-16)29-25(32)15-37-23-10-9-18(12-20(23)28)13-24-26(33)30(27(34)38-24)14-19-5-3-4-6-22(19)31(35)36/h3-13H,14-15H2,1-2H3,(H,29,32)/b24-13-. The third-order valence-electron chi connectivity index (χ3n) is 5.67. The highest BCUT2D eigenvalue weighted by Gasteiger charge is 2.36. The van der Waals surface area contributed by atoms with Crippen LogP contribution in [-0.2, 0) is 16.1 Å². The van der Waals surface area contributed by atoms with E-state index in [1.807, 2.05) is 32.0 Å². The molecule has 0 bridgehead atoms. The number of imide groups is 1. The van der Waals surface area contributed by atoms with Gasteiger partial charge in [0.15, 0.2) is 6.61 Å². The fourth-order valence-electron chi connectivity index (χ4n) is 3.70. The molecule has 1 aliphatic rings. The number of benzene rings is 3. The Kier molecular flexibility index (Phi) is 8.13. The van der Waals surface area contributed by atoms with Gasteiger partial charge in [0.05, 0.1) is 21.4 Å². The predicted molar refractivity (Wildman–Crippen MR) is 146 cm³/mol. The fourth-order valence-corrected chi connectivity index (χ4v) is 4.79. The van der Waals surface area contributed by atoms with Gasteiger partial charge in [-0.2, -0.15) is 0 Å². The molecule has 4 rings (SSSR count). The van der Waals surface area contributed by atoms with E-state index >= 15 is 0 Å². The van der Waals surface area contributed by atoms with E-state index in [-0.39, 0.29) is 46.0 Å². The second-order valence-corrected chi connectivity index (χ2v) is 9.90. The lowest BCUT2D eigenvalue weighted by Crippen LogP contribution is -2.27. The van der Waals surface area contributed by atoms with E-state index in [0.717, 1.165) is 27.8 Å². The van der Waals surface area contributed by atoms with Gasteiger partial charge < -0.3 is 10.1 Å². The van der Waals surface area contributed by atoms with Crippen LogP contribution in [-0.4, -0.2) is 33.5 Å². The SMILES string of the molecule is Cc1ccc(C)c(NC(=O)COc2ccc(/C=C3\SC(=O)N(Cc4ccccc4[N+](=O)[O-])C3=O)cc2Cl)c1. The van der Waals surface area contributed by atoms with Crippen LogP contribution in [0.1, 0.15) is 22.3 Å². The minimum atomic E-state index is -0.558. The lowest BCUT2D eigenvalue weighted by Gasteiger charge is -2.12. The summed E-state index contributed by atoms with van der Waals surface area (Å²) in [7, 11) is 0. The van der Waals surface area contributed by atoms with Crippen molar-refractivity contribution in [2.45, 2.75) is 20.4 Å². The smallest absolute Gasteiger partial charge is 0.293 e. The summed E-state index contributed by atoms with van der Waals surface area (Å²) in [5.41, 5.74) is 3.28. The average Bonchev–Trinajstić information content (AvgIpc) is 3.13. The maximum absolute atomic E-state index is 12.9. The number of carbonyl (C=O) groups excluding carboxylic acids is 3. The van der Waals surface area contributed by atoms with Gasteiger partial charge in [-0.1, -0.05) is 48.0 Å². The monoisotopic (exact) mass is 551 g/mol. The van der Waals surface area contributed by atoms with Gasteiger partial charge in [0.2, 0.25) is 0 Å². The van der Waals surface area contributed by atoms with Crippen LogP contribution in [0.25, 0.3) is 6.08 Å². The predicted octanol–water partition coefficient (Wildman–Crippen LogP) is 6.12. The second kappa shape index (κ2) is 11.5. The molecule has 11 heteroatoms. The van der Waals surface area contributed by atoms with Crippen molar-refractivity contribution in [3.8, 4) is 5.75 Å². The Morgan fingerprint density at radius 1 is 1.13 bits per heavy atom. The maximum Gasteiger partial charge on any atom is 0.293 e. The maximum atomic E-state index is 12.9. The van der Waals surface area contributed by atoms with Crippen molar-refractivity contribution in [1.29, 1.82) is 0 Å². The van der Waals surface area contributed by atoms with Gasteiger partial charge in [-0.05, 0) is 66.6 Å². The van der Waals surface area contributed by atoms with Crippen LogP contribution in [0, 0.1) is 24.0 Å². The summed E-state index contributed by atoms with van der Waals surface area (Å²) < 4.78 is 5.56. The number of hydrogen-bond acceptors (Lipinski definition) is 7. The van der Waals surface area contributed by atoms with E-state index in [4.69, 9.17) is 16.3 Å². The molecule has 0 spiro atoms. The number of anilines is 1. The minimum absolute atomic E-state index is 0.159. The summed E-state index contributed by atoms with van der Waals surface area (Å²) in [6.07, 6.45) is 1.51. The van der Waals surface area contributed by atoms with E-state index < -0.39 is 16.1 Å². The number of nitrogens with one attached hydrogen (secondary N) is 1. The highest BCUT2D eigenvalue weighted by Crippen LogP contribution is 2.35. The topological polar surface area (TPSA) is 119 Å². The number of hydrogen-bond donors (Lipinski definition) is 1. The number of aryl methyl sites for hydroxylation is 2. The zero-order chi connectivity index (χ0) is 27.4. The molecule has 3 amide bonds. The number of amides is 3. The van der Waals surface area contributed by atoms with E-state index in [1.165, 1.54) is 24.3 Å². The van der Waals surface area contributed by atoms with Gasteiger partial charge in [-0.3, -0.25) is 29.4 Å². The molecule has 0 unspecified atom stereocenters. The largest absolute Gasteiger partial charge is 0.482 e. The molecular weight excluding hydrogens is 530 g/mol. The molecule has 1 saturated heterocycles. The number of thioether (sulfide) groups is 1. The molecule has 0 radical (unpaired) electrons. The van der Waals surface area contributed by atoms with E-state index in [0.29, 0.717) is 11.3 Å². The first-order valence-corrected chi connectivity index (χ1v) is 12.6. The molecule has 0 atom stereocenters. The number of halogens is 1. The van der Waals surface area contributed by atoms with Crippen LogP contribution in [0.5, 0.6) is 5.75 Å². The van der Waals surface area contributed by atoms with E-state index in [2.05, 4.69) is 5.32 Å². The van der Waals surface area contributed by atoms with Gasteiger partial charge in [-0.15, -0.1) is 0 Å². The molecular formula is C27H22ClN3O6S. The first kappa shape index (κ1) is 26.9. The first-order valence-electron chi connectivity index (χ1n) is 11.4. The number of ether oxygens (including phenoxy) is 1. The Balaban J connectivity index is 1.41. The summed E-state index contributed by atoms with van der Waals surface area (Å²) in [6, 6.07) is 16.5. The van der Waals surface area contributed by atoms with Crippen molar-refractivity contribution in [2.24, 2.45) is 0 Å². The van der Waals surface area contributed by atoms with Crippen molar-refractivity contribution in [2.75, 3.05) is 11.9 Å². The second-order valence-electron chi connectivity index (χ2n) is 8.50. The number of para-hydroxylation sites is 1. The van der Waals surface area contributed by atoms with Crippen LogP contribution in [0.2, 0.25) is 5.02 Å². The molecule has 0 saturated carbocycles. The molecule has 1 fully saturated rings. The Morgan fingerprint density at radius 3 is 2.63 bits per heavy atom. The fraction of sp³-hybridized carbons (Fsp3) is 0.148. The van der Waals surface area contributed by atoms with Crippen molar-refractivity contribution in [1.82, 2.24) is 4.90 Å². The molecule has 3 aromatic carbocycles. The van der Waals surface area contributed by atoms with Crippen LogP contribution in [0.15, 0.2) is 65.6 Å². The summed E-state index contributed by atoms with van der Waals surface area (Å²) >= 11 is 7.07. The van der Waals surface area contributed by atoms with Gasteiger partial charge in [-0.25, -0.2) is 0 Å². The molecule has 0 aliphatic carbocycles. The minimum Gasteiger partial charge on any atom is -0.482 e. The quantitative estimate of drug-likeness (QED) is 0.203. The Hall–Kier alpha value is -4.15. The van der Waals surface area contributed by atoms with Gasteiger partial charge in [0.25, 0.3) is 22.7 Å². The first-order chi connectivity index (χ1) is 18.1. The van der Waals surface area contributed by atoms with Crippen molar-refractivity contribution in [3.05, 3.63) is 103 Å². The van der Waals surface area contributed by atoms with Gasteiger partial charge >= 0.3 is 0 Å². The Labute approximate surface area is 227 Å². The number of nitro benzene ring substituents is 1. The summed E-state index contributed by atoms with van der Waals surface area (Å²) in [5, 5.41) is 13.8. The lowest BCUT2D eigenvalue weighted by molar-refractivity contribution is -0.385. The third-order valence-corrected chi connectivity index (χ3v) is 6.87. The van der Waals surface area contributed by atoms with E-state index in [1.54, 1.807) is 24.3 Å². The summed E-state index contributed by atoms with van der Waals surface area (Å²) in [4.78, 5) is 49.5. The Bertz CT molecular complexity index is 1490.